The van der Waals surface area contributed by atoms with Gasteiger partial charge in [-0.15, -0.1) is 0 Å². The fraction of sp³-hybridized carbons (Fsp3) is 0.0769. The Morgan fingerprint density at radius 1 is 1.37 bits per heavy atom. The first-order valence-corrected chi connectivity index (χ1v) is 5.47. The largest absolute Gasteiger partial charge is 0.496 e. The van der Waals surface area contributed by atoms with Gasteiger partial charge in [-0.05, 0) is 24.3 Å². The Labute approximate surface area is 109 Å². The van der Waals surface area contributed by atoms with E-state index >= 15 is 0 Å². The van der Waals surface area contributed by atoms with Crippen molar-refractivity contribution >= 4 is 17.4 Å². The van der Waals surface area contributed by atoms with Crippen LogP contribution in [-0.2, 0) is 0 Å². The molecule has 0 saturated carbocycles. The highest BCUT2D eigenvalue weighted by atomic mass is 19.1. The summed E-state index contributed by atoms with van der Waals surface area (Å²) >= 11 is 0. The van der Waals surface area contributed by atoms with Gasteiger partial charge >= 0.3 is 0 Å². The third-order valence-electron chi connectivity index (χ3n) is 2.45. The van der Waals surface area contributed by atoms with Crippen LogP contribution in [0.2, 0.25) is 0 Å². The molecule has 1 heterocycles. The molecule has 3 N–H and O–H groups in total. The number of ether oxygens (including phenoxy) is 1. The Morgan fingerprint density at radius 2 is 2.16 bits per heavy atom. The lowest BCUT2D eigenvalue weighted by atomic mass is 10.1. The van der Waals surface area contributed by atoms with Gasteiger partial charge in [0.05, 0.1) is 19.0 Å². The molecule has 0 bridgehead atoms. The minimum atomic E-state index is -0.660. The molecule has 0 saturated heterocycles. The first-order chi connectivity index (χ1) is 9.11. The number of hydrogen-bond acceptors (Lipinski definition) is 4. The molecule has 1 aromatic heterocycles. The number of rotatable bonds is 3. The normalized spacial score (nSPS) is 10.0. The smallest absolute Gasteiger partial charge is 0.263 e. The van der Waals surface area contributed by atoms with E-state index in [0.717, 1.165) is 0 Å². The van der Waals surface area contributed by atoms with E-state index in [1.54, 1.807) is 6.07 Å². The van der Waals surface area contributed by atoms with Gasteiger partial charge in [0.15, 0.2) is 0 Å². The molecule has 1 aromatic carbocycles. The fourth-order valence-electron chi connectivity index (χ4n) is 1.55. The van der Waals surface area contributed by atoms with Gasteiger partial charge in [0.2, 0.25) is 0 Å². The van der Waals surface area contributed by atoms with Crippen LogP contribution < -0.4 is 15.8 Å². The first-order valence-electron chi connectivity index (χ1n) is 5.47. The molecule has 1 amide bonds. The molecule has 0 radical (unpaired) electrons. The molecule has 0 aliphatic carbocycles. The van der Waals surface area contributed by atoms with Crippen LogP contribution in [0.4, 0.5) is 15.9 Å². The lowest BCUT2D eigenvalue weighted by Gasteiger charge is -2.09. The maximum absolute atomic E-state index is 13.7. The van der Waals surface area contributed by atoms with E-state index < -0.39 is 11.7 Å². The molecule has 0 unspecified atom stereocenters. The summed E-state index contributed by atoms with van der Waals surface area (Å²) in [5, 5.41) is 2.48. The van der Waals surface area contributed by atoms with Gasteiger partial charge in [0, 0.05) is 0 Å². The summed E-state index contributed by atoms with van der Waals surface area (Å²) in [5.74, 6) is -0.850. The summed E-state index contributed by atoms with van der Waals surface area (Å²) < 4.78 is 18.6. The summed E-state index contributed by atoms with van der Waals surface area (Å²) in [7, 11) is 1.37. The Bertz CT molecular complexity index is 599. The van der Waals surface area contributed by atoms with E-state index in [9.17, 15) is 9.18 Å². The van der Waals surface area contributed by atoms with Crippen molar-refractivity contribution in [3.63, 3.8) is 0 Å². The topological polar surface area (TPSA) is 77.2 Å². The number of carbonyl (C=O) groups is 1. The number of pyridine rings is 1. The summed E-state index contributed by atoms with van der Waals surface area (Å²) in [6.07, 6.45) is 1.40. The zero-order valence-corrected chi connectivity index (χ0v) is 10.2. The maximum Gasteiger partial charge on any atom is 0.263 e. The van der Waals surface area contributed by atoms with E-state index in [2.05, 4.69) is 10.3 Å². The molecule has 0 fully saturated rings. The fourth-order valence-corrected chi connectivity index (χ4v) is 1.55. The van der Waals surface area contributed by atoms with Gasteiger partial charge < -0.3 is 15.8 Å². The molecule has 2 rings (SSSR count). The second-order valence-electron chi connectivity index (χ2n) is 3.75. The van der Waals surface area contributed by atoms with Gasteiger partial charge in [0.25, 0.3) is 5.91 Å². The Kier molecular flexibility index (Phi) is 3.61. The van der Waals surface area contributed by atoms with Crippen LogP contribution in [0.3, 0.4) is 0 Å². The van der Waals surface area contributed by atoms with Crippen molar-refractivity contribution in [2.75, 3.05) is 18.2 Å². The van der Waals surface area contributed by atoms with E-state index in [1.165, 1.54) is 37.6 Å². The van der Waals surface area contributed by atoms with Crippen molar-refractivity contribution in [2.24, 2.45) is 0 Å². The van der Waals surface area contributed by atoms with Crippen LogP contribution in [-0.4, -0.2) is 18.0 Å². The number of nitrogens with zero attached hydrogens (tertiary/aromatic N) is 1. The van der Waals surface area contributed by atoms with Crippen LogP contribution in [0, 0.1) is 5.82 Å². The van der Waals surface area contributed by atoms with Crippen LogP contribution in [0.15, 0.2) is 36.5 Å². The minimum Gasteiger partial charge on any atom is -0.496 e. The second-order valence-corrected chi connectivity index (χ2v) is 3.75. The van der Waals surface area contributed by atoms with Gasteiger partial charge in [-0.25, -0.2) is 9.37 Å². The number of nitrogen functional groups attached to an aromatic ring is 1. The molecular formula is C13H12FN3O2. The summed E-state index contributed by atoms with van der Waals surface area (Å²) in [5.41, 5.74) is 5.79. The Morgan fingerprint density at radius 3 is 2.79 bits per heavy atom. The van der Waals surface area contributed by atoms with E-state index in [4.69, 9.17) is 10.5 Å². The molecular weight excluding hydrogens is 249 g/mol. The van der Waals surface area contributed by atoms with Gasteiger partial charge in [-0.2, -0.15) is 0 Å². The van der Waals surface area contributed by atoms with Crippen molar-refractivity contribution in [2.45, 2.75) is 0 Å². The summed E-state index contributed by atoms with van der Waals surface area (Å²) in [6.45, 7) is 0. The second kappa shape index (κ2) is 5.34. The standard InChI is InChI=1S/C13H12FN3O2/c1-19-10-4-2-3-9(14)12(10)13(18)17-11-6-5-8(15)7-16-11/h2-7H,15H2,1H3,(H,16,17,18). The van der Waals surface area contributed by atoms with Crippen LogP contribution in [0.1, 0.15) is 10.4 Å². The van der Waals surface area contributed by atoms with Gasteiger partial charge in [0.1, 0.15) is 22.9 Å². The predicted molar refractivity (Wildman–Crippen MR) is 69.6 cm³/mol. The minimum absolute atomic E-state index is 0.160. The zero-order chi connectivity index (χ0) is 13.8. The van der Waals surface area contributed by atoms with Gasteiger partial charge in [-0.3, -0.25) is 4.79 Å². The monoisotopic (exact) mass is 261 g/mol. The van der Waals surface area contributed by atoms with Crippen LogP contribution in [0.5, 0.6) is 5.75 Å². The number of anilines is 2. The molecule has 6 heteroatoms. The third-order valence-corrected chi connectivity index (χ3v) is 2.45. The summed E-state index contributed by atoms with van der Waals surface area (Å²) in [4.78, 5) is 15.9. The van der Waals surface area contributed by atoms with Crippen molar-refractivity contribution in [1.82, 2.24) is 4.98 Å². The third kappa shape index (κ3) is 2.79. The highest BCUT2D eigenvalue weighted by molar-refractivity contribution is 6.05. The molecule has 0 spiro atoms. The number of nitrogens with two attached hydrogens (primary N) is 1. The number of nitrogens with one attached hydrogen (secondary N) is 1. The van der Waals surface area contributed by atoms with Crippen molar-refractivity contribution in [3.05, 3.63) is 47.9 Å². The average molecular weight is 261 g/mol. The Hall–Kier alpha value is -2.63. The molecule has 5 nitrogen and oxygen atoms in total. The van der Waals surface area contributed by atoms with Crippen molar-refractivity contribution in [3.8, 4) is 5.75 Å². The number of amides is 1. The van der Waals surface area contributed by atoms with Gasteiger partial charge in [-0.1, -0.05) is 6.07 Å². The lowest BCUT2D eigenvalue weighted by Crippen LogP contribution is -2.16. The highest BCUT2D eigenvalue weighted by Crippen LogP contribution is 2.22. The number of methoxy groups -OCH3 is 1. The quantitative estimate of drug-likeness (QED) is 0.886. The van der Waals surface area contributed by atoms with Crippen LogP contribution >= 0.6 is 0 Å². The molecule has 0 aliphatic heterocycles. The number of carbonyl (C=O) groups excluding carboxylic acids is 1. The summed E-state index contributed by atoms with van der Waals surface area (Å²) in [6, 6.07) is 7.27. The molecule has 0 atom stereocenters. The highest BCUT2D eigenvalue weighted by Gasteiger charge is 2.17. The number of hydrogen-bond donors (Lipinski definition) is 2. The van der Waals surface area contributed by atoms with Crippen molar-refractivity contribution < 1.29 is 13.9 Å². The zero-order valence-electron chi connectivity index (χ0n) is 10.2. The van der Waals surface area contributed by atoms with Crippen LogP contribution in [0.25, 0.3) is 0 Å². The number of aromatic nitrogens is 1. The van der Waals surface area contributed by atoms with Crippen molar-refractivity contribution in [1.29, 1.82) is 0 Å². The predicted octanol–water partition coefficient (Wildman–Crippen LogP) is 2.06. The molecule has 19 heavy (non-hydrogen) atoms. The Balaban J connectivity index is 2.27. The van der Waals surface area contributed by atoms with E-state index in [1.807, 2.05) is 0 Å². The molecule has 0 aliphatic rings. The van der Waals surface area contributed by atoms with E-state index in [0.29, 0.717) is 5.69 Å². The first kappa shape index (κ1) is 12.8. The SMILES string of the molecule is COc1cccc(F)c1C(=O)Nc1ccc(N)cn1. The van der Waals surface area contributed by atoms with E-state index in [-0.39, 0.29) is 17.1 Å². The lowest BCUT2D eigenvalue weighted by molar-refractivity contribution is 0.101. The average Bonchev–Trinajstić information content (AvgIpc) is 2.40. The number of benzene rings is 1. The molecule has 98 valence electrons. The molecule has 2 aromatic rings. The maximum atomic E-state index is 13.7. The number of halogens is 1.